The quantitative estimate of drug-likeness (QED) is 0.240. The highest BCUT2D eigenvalue weighted by molar-refractivity contribution is 6.31. The number of nitrogens with one attached hydrogen (secondary N) is 4. The molecule has 2 bridgehead atoms. The van der Waals surface area contributed by atoms with Crippen molar-refractivity contribution in [3.8, 4) is 11.3 Å². The zero-order valence-corrected chi connectivity index (χ0v) is 25.8. The topological polar surface area (TPSA) is 155 Å². The van der Waals surface area contributed by atoms with Crippen LogP contribution in [0, 0.1) is 12.7 Å². The number of H-pyrrole nitrogens is 1. The molecule has 2 aliphatic heterocycles. The summed E-state index contributed by atoms with van der Waals surface area (Å²) in [5.74, 6) is -1.09. The second kappa shape index (κ2) is 13.6. The molecule has 4 N–H and O–H groups in total. The number of carbonyl (C=O) groups is 4. The van der Waals surface area contributed by atoms with Crippen LogP contribution < -0.4 is 16.0 Å². The van der Waals surface area contributed by atoms with Crippen molar-refractivity contribution in [1.82, 2.24) is 14.9 Å². The Morgan fingerprint density at radius 2 is 1.98 bits per heavy atom. The lowest BCUT2D eigenvalue weighted by Crippen LogP contribution is -2.34. The van der Waals surface area contributed by atoms with Gasteiger partial charge in [0.05, 0.1) is 40.7 Å². The number of likely N-dealkylation sites (N-methyl/N-ethyl adjacent to an activating group) is 1. The van der Waals surface area contributed by atoms with Gasteiger partial charge < -0.3 is 24.7 Å². The van der Waals surface area contributed by atoms with Gasteiger partial charge in [-0.3, -0.25) is 20.2 Å². The first-order valence-corrected chi connectivity index (χ1v) is 15.0. The van der Waals surface area contributed by atoms with Crippen molar-refractivity contribution >= 4 is 52.7 Å². The summed E-state index contributed by atoms with van der Waals surface area (Å²) in [6.07, 6.45) is 0.418. The van der Waals surface area contributed by atoms with Crippen LogP contribution in [0.3, 0.4) is 0 Å². The minimum atomic E-state index is -0.845. The molecule has 3 aromatic rings. The molecular formula is C31H34ClFN6O6. The predicted molar refractivity (Wildman–Crippen MR) is 166 cm³/mol. The molecule has 4 amide bonds. The van der Waals surface area contributed by atoms with Gasteiger partial charge in [-0.25, -0.2) is 19.0 Å². The van der Waals surface area contributed by atoms with Crippen LogP contribution in [-0.4, -0.2) is 59.6 Å². The predicted octanol–water partition coefficient (Wildman–Crippen LogP) is 6.49. The number of imidazole rings is 1. The Bertz CT molecular complexity index is 1640. The molecule has 5 rings (SSSR count). The number of aromatic nitrogens is 2. The molecule has 2 unspecified atom stereocenters. The van der Waals surface area contributed by atoms with Crippen molar-refractivity contribution in [2.75, 3.05) is 36.7 Å². The molecule has 45 heavy (non-hydrogen) atoms. The number of benzene rings is 2. The van der Waals surface area contributed by atoms with Crippen molar-refractivity contribution < 1.29 is 33.0 Å². The summed E-state index contributed by atoms with van der Waals surface area (Å²) >= 11 is 5.97. The minimum absolute atomic E-state index is 0.0696. The number of ether oxygens (including phenoxy) is 2. The lowest BCUT2D eigenvalue weighted by Gasteiger charge is -2.28. The van der Waals surface area contributed by atoms with Crippen LogP contribution >= 0.6 is 11.6 Å². The maximum atomic E-state index is 14.8. The fourth-order valence-electron chi connectivity index (χ4n) is 5.65. The summed E-state index contributed by atoms with van der Waals surface area (Å²) in [6, 6.07) is 7.96. The van der Waals surface area contributed by atoms with Crippen LogP contribution in [0.4, 0.5) is 31.0 Å². The lowest BCUT2D eigenvalue weighted by molar-refractivity contribution is -0.132. The fraction of sp³-hybridized carbons (Fsp3) is 0.387. The van der Waals surface area contributed by atoms with Gasteiger partial charge in [0.2, 0.25) is 11.8 Å². The Morgan fingerprint density at radius 3 is 2.76 bits per heavy atom. The molecular weight excluding hydrogens is 607 g/mol. The number of amides is 4. The van der Waals surface area contributed by atoms with Crippen LogP contribution in [0.2, 0.25) is 5.02 Å². The Balaban J connectivity index is 1.34. The highest BCUT2D eigenvalue weighted by Crippen LogP contribution is 2.39. The van der Waals surface area contributed by atoms with Crippen LogP contribution in [0.15, 0.2) is 30.3 Å². The minimum Gasteiger partial charge on any atom is -0.453 e. The number of cyclic esters (lactones) is 1. The van der Waals surface area contributed by atoms with Crippen molar-refractivity contribution in [1.29, 1.82) is 0 Å². The van der Waals surface area contributed by atoms with Crippen molar-refractivity contribution in [2.24, 2.45) is 0 Å². The number of rotatable bonds is 6. The van der Waals surface area contributed by atoms with E-state index in [-0.39, 0.29) is 35.2 Å². The number of aryl methyl sites for hydroxylation is 1. The zero-order valence-electron chi connectivity index (χ0n) is 25.1. The number of aromatic amines is 1. The number of hydrogen-bond acceptors (Lipinski definition) is 7. The molecule has 0 saturated carbocycles. The third-order valence-electron chi connectivity index (χ3n) is 7.94. The molecule has 0 saturated heterocycles. The van der Waals surface area contributed by atoms with Crippen LogP contribution in [0.1, 0.15) is 67.6 Å². The van der Waals surface area contributed by atoms with Gasteiger partial charge in [0, 0.05) is 37.0 Å². The van der Waals surface area contributed by atoms with Gasteiger partial charge in [0.1, 0.15) is 11.9 Å². The number of carbonyl (C=O) groups excluding carboxylic acids is 4. The maximum absolute atomic E-state index is 14.8. The van der Waals surface area contributed by atoms with E-state index in [0.29, 0.717) is 72.1 Å². The van der Waals surface area contributed by atoms with E-state index in [4.69, 9.17) is 21.3 Å². The number of anilines is 3. The molecule has 2 atom stereocenters. The first-order chi connectivity index (χ1) is 21.5. The summed E-state index contributed by atoms with van der Waals surface area (Å²) in [4.78, 5) is 60.1. The van der Waals surface area contributed by atoms with Crippen molar-refractivity contribution in [3.05, 3.63) is 58.3 Å². The van der Waals surface area contributed by atoms with E-state index >= 15 is 0 Å². The van der Waals surface area contributed by atoms with Crippen LogP contribution in [0.5, 0.6) is 0 Å². The van der Waals surface area contributed by atoms with Gasteiger partial charge in [-0.1, -0.05) is 18.0 Å². The van der Waals surface area contributed by atoms with Crippen molar-refractivity contribution in [3.63, 3.8) is 0 Å². The smallest absolute Gasteiger partial charge is 0.412 e. The van der Waals surface area contributed by atoms with Gasteiger partial charge in [-0.05, 0) is 62.9 Å². The van der Waals surface area contributed by atoms with E-state index in [2.05, 4.69) is 25.7 Å². The second-order valence-corrected chi connectivity index (χ2v) is 11.5. The van der Waals surface area contributed by atoms with E-state index in [1.807, 2.05) is 6.92 Å². The summed E-state index contributed by atoms with van der Waals surface area (Å²) in [7, 11) is 2.95. The summed E-state index contributed by atoms with van der Waals surface area (Å²) in [6.45, 7) is 2.16. The number of halogens is 2. The van der Waals surface area contributed by atoms with Gasteiger partial charge >= 0.3 is 12.2 Å². The zero-order chi connectivity index (χ0) is 32.2. The standard InChI is InChI=1S/C31H34ClFN6O6/c1-16-27-18-11-10-17(35-30(42)44-3)15-22(18)36-24(40)9-5-4-7-19(28(34-16)38-27)29(41)39(2)14-6-8-23-25-21(37-31(43)45-23)13-12-20(32)26(25)33/h10-13,15,19,23H,4-9,14H2,1-3H3,(H,34,38)(H,35,42)(H,36,40)(H,37,43). The molecule has 2 aromatic carbocycles. The highest BCUT2D eigenvalue weighted by Gasteiger charge is 2.32. The molecule has 14 heteroatoms. The Morgan fingerprint density at radius 1 is 1.18 bits per heavy atom. The summed E-state index contributed by atoms with van der Waals surface area (Å²) < 4.78 is 24.9. The van der Waals surface area contributed by atoms with E-state index in [1.54, 1.807) is 30.1 Å². The van der Waals surface area contributed by atoms with E-state index in [0.717, 1.165) is 0 Å². The molecule has 238 valence electrons. The lowest BCUT2D eigenvalue weighted by atomic mass is 9.97. The van der Waals surface area contributed by atoms with Crippen molar-refractivity contribution in [2.45, 2.75) is 57.5 Å². The molecule has 0 aliphatic carbocycles. The largest absolute Gasteiger partial charge is 0.453 e. The van der Waals surface area contributed by atoms with E-state index in [1.165, 1.54) is 19.2 Å². The first-order valence-electron chi connectivity index (χ1n) is 14.6. The molecule has 12 nitrogen and oxygen atoms in total. The second-order valence-electron chi connectivity index (χ2n) is 11.1. The average molecular weight is 641 g/mol. The maximum Gasteiger partial charge on any atom is 0.412 e. The normalized spacial score (nSPS) is 17.7. The van der Waals surface area contributed by atoms with Crippen LogP contribution in [-0.2, 0) is 19.1 Å². The van der Waals surface area contributed by atoms with Gasteiger partial charge in [0.15, 0.2) is 5.82 Å². The third-order valence-corrected chi connectivity index (χ3v) is 8.23. The Kier molecular flexibility index (Phi) is 9.57. The highest BCUT2D eigenvalue weighted by atomic mass is 35.5. The third kappa shape index (κ3) is 7.03. The monoisotopic (exact) mass is 640 g/mol. The molecule has 0 radical (unpaired) electrons. The average Bonchev–Trinajstić information content (AvgIpc) is 3.38. The number of nitrogens with zero attached hydrogens (tertiary/aromatic N) is 2. The van der Waals surface area contributed by atoms with Gasteiger partial charge in [0.25, 0.3) is 0 Å². The molecule has 1 aromatic heterocycles. The van der Waals surface area contributed by atoms with Gasteiger partial charge in [-0.15, -0.1) is 0 Å². The molecule has 0 fully saturated rings. The van der Waals surface area contributed by atoms with E-state index < -0.39 is 30.0 Å². The Labute approximate surface area is 264 Å². The first kappa shape index (κ1) is 31.8. The van der Waals surface area contributed by atoms with Crippen LogP contribution in [0.25, 0.3) is 11.3 Å². The summed E-state index contributed by atoms with van der Waals surface area (Å²) in [5, 5.41) is 7.95. The Hall–Kier alpha value is -4.65. The fourth-order valence-corrected chi connectivity index (χ4v) is 5.81. The molecule has 3 heterocycles. The molecule has 0 spiro atoms. The molecule has 2 aliphatic rings. The number of hydrogen-bond donors (Lipinski definition) is 4. The van der Waals surface area contributed by atoms with E-state index in [9.17, 15) is 23.6 Å². The summed E-state index contributed by atoms with van der Waals surface area (Å²) in [5.41, 5.74) is 3.30. The van der Waals surface area contributed by atoms with Gasteiger partial charge in [-0.2, -0.15) is 0 Å². The number of fused-ring (bicyclic) bond motifs is 5. The number of methoxy groups -OCH3 is 1. The SMILES string of the molecule is COC(=O)Nc1ccc2c(c1)NC(=O)CCCCC(C(=O)N(C)CCCC1OC(=O)Nc3ccc(Cl)c(F)c31)c1nc-2c(C)[nH]1.